The van der Waals surface area contributed by atoms with Crippen molar-refractivity contribution in [2.24, 2.45) is 4.99 Å². The highest BCUT2D eigenvalue weighted by Gasteiger charge is 2.21. The van der Waals surface area contributed by atoms with Crippen LogP contribution >= 0.6 is 0 Å². The summed E-state index contributed by atoms with van der Waals surface area (Å²) in [6.07, 6.45) is 7.99. The van der Waals surface area contributed by atoms with E-state index >= 15 is 0 Å². The SMILES string of the molecule is C=Nc1nn(-c2cc(NC(=O)N3CCC3)ccc2F)cc1/C=C(\C)C1CCCCO1. The molecule has 2 aliphatic heterocycles. The van der Waals surface area contributed by atoms with Crippen LogP contribution in [0.5, 0.6) is 0 Å². The zero-order valence-corrected chi connectivity index (χ0v) is 17.1. The molecule has 1 N–H and O–H groups in total. The number of hydrogen-bond donors (Lipinski definition) is 1. The number of carbonyl (C=O) groups is 1. The highest BCUT2D eigenvalue weighted by Crippen LogP contribution is 2.27. The van der Waals surface area contributed by atoms with Crippen LogP contribution in [0.4, 0.5) is 20.7 Å². The lowest BCUT2D eigenvalue weighted by Crippen LogP contribution is -2.44. The smallest absolute Gasteiger partial charge is 0.321 e. The molecule has 0 aliphatic carbocycles. The predicted molar refractivity (Wildman–Crippen MR) is 115 cm³/mol. The average Bonchev–Trinajstić information content (AvgIpc) is 3.11. The van der Waals surface area contributed by atoms with E-state index in [0.717, 1.165) is 56.5 Å². The molecular weight excluding hydrogens is 385 g/mol. The fourth-order valence-electron chi connectivity index (χ4n) is 3.65. The van der Waals surface area contributed by atoms with Crippen molar-refractivity contribution in [3.63, 3.8) is 0 Å². The van der Waals surface area contributed by atoms with Crippen molar-refractivity contribution < 1.29 is 13.9 Å². The Morgan fingerprint density at radius 2 is 2.20 bits per heavy atom. The molecule has 7 nitrogen and oxygen atoms in total. The van der Waals surface area contributed by atoms with Crippen LogP contribution in [0.25, 0.3) is 11.8 Å². The van der Waals surface area contributed by atoms with Gasteiger partial charge in [-0.1, -0.05) is 0 Å². The summed E-state index contributed by atoms with van der Waals surface area (Å²) >= 11 is 0. The first kappa shape index (κ1) is 20.3. The number of urea groups is 1. The monoisotopic (exact) mass is 411 g/mol. The minimum atomic E-state index is -0.446. The Bertz CT molecular complexity index is 974. The number of aromatic nitrogens is 2. The van der Waals surface area contributed by atoms with E-state index in [1.807, 2.05) is 13.0 Å². The number of hydrogen-bond acceptors (Lipinski definition) is 4. The summed E-state index contributed by atoms with van der Waals surface area (Å²) < 4.78 is 21.8. The van der Waals surface area contributed by atoms with E-state index in [9.17, 15) is 9.18 Å². The van der Waals surface area contributed by atoms with Crippen LogP contribution in [0.2, 0.25) is 0 Å². The van der Waals surface area contributed by atoms with Gasteiger partial charge in [-0.15, -0.1) is 5.10 Å². The summed E-state index contributed by atoms with van der Waals surface area (Å²) in [7, 11) is 0. The summed E-state index contributed by atoms with van der Waals surface area (Å²) in [5, 5.41) is 7.19. The molecule has 8 heteroatoms. The normalized spacial score (nSPS) is 19.3. The molecule has 0 radical (unpaired) electrons. The first-order valence-electron chi connectivity index (χ1n) is 10.3. The molecule has 2 amide bonds. The number of amides is 2. The summed E-state index contributed by atoms with van der Waals surface area (Å²) in [4.78, 5) is 17.9. The molecule has 30 heavy (non-hydrogen) atoms. The van der Waals surface area contributed by atoms with Crippen molar-refractivity contribution in [3.8, 4) is 5.69 Å². The molecule has 1 atom stereocenters. The lowest BCUT2D eigenvalue weighted by atomic mass is 10.0. The van der Waals surface area contributed by atoms with Crippen LogP contribution < -0.4 is 5.32 Å². The van der Waals surface area contributed by atoms with Gasteiger partial charge in [0, 0.05) is 37.1 Å². The highest BCUT2D eigenvalue weighted by atomic mass is 19.1. The van der Waals surface area contributed by atoms with Gasteiger partial charge in [0.15, 0.2) is 5.82 Å². The van der Waals surface area contributed by atoms with Crippen molar-refractivity contribution in [3.05, 3.63) is 41.3 Å². The van der Waals surface area contributed by atoms with Crippen LogP contribution in [-0.4, -0.2) is 53.2 Å². The van der Waals surface area contributed by atoms with Gasteiger partial charge < -0.3 is 15.0 Å². The summed E-state index contributed by atoms with van der Waals surface area (Å²) in [5.74, 6) is -0.0301. The molecule has 2 saturated heterocycles. The second-order valence-electron chi connectivity index (χ2n) is 7.69. The Kier molecular flexibility index (Phi) is 5.94. The number of halogens is 1. The lowest BCUT2D eigenvalue weighted by Gasteiger charge is -2.30. The summed E-state index contributed by atoms with van der Waals surface area (Å²) in [6.45, 7) is 7.86. The van der Waals surface area contributed by atoms with Gasteiger partial charge in [0.1, 0.15) is 11.5 Å². The number of anilines is 1. The zero-order valence-electron chi connectivity index (χ0n) is 17.1. The maximum absolute atomic E-state index is 14.6. The largest absolute Gasteiger partial charge is 0.374 e. The van der Waals surface area contributed by atoms with Gasteiger partial charge in [0.25, 0.3) is 0 Å². The van der Waals surface area contributed by atoms with E-state index in [1.54, 1.807) is 17.2 Å². The van der Waals surface area contributed by atoms with E-state index in [4.69, 9.17) is 4.74 Å². The molecule has 2 aromatic rings. The van der Waals surface area contributed by atoms with Gasteiger partial charge in [0.05, 0.1) is 6.10 Å². The molecule has 0 bridgehead atoms. The number of carbonyl (C=O) groups excluding carboxylic acids is 1. The molecule has 4 rings (SSSR count). The van der Waals surface area contributed by atoms with E-state index in [0.29, 0.717) is 11.5 Å². The molecule has 158 valence electrons. The highest BCUT2D eigenvalue weighted by molar-refractivity contribution is 5.90. The van der Waals surface area contributed by atoms with Crippen molar-refractivity contribution >= 4 is 30.3 Å². The molecule has 2 fully saturated rings. The first-order chi connectivity index (χ1) is 14.5. The molecule has 0 saturated carbocycles. The number of aliphatic imine (C=N–C) groups is 1. The molecule has 1 unspecified atom stereocenters. The summed E-state index contributed by atoms with van der Waals surface area (Å²) in [5.41, 5.74) is 2.56. The third-order valence-corrected chi connectivity index (χ3v) is 5.53. The third kappa shape index (κ3) is 4.28. The molecule has 1 aromatic carbocycles. The van der Waals surface area contributed by atoms with Crippen LogP contribution in [0, 0.1) is 5.82 Å². The van der Waals surface area contributed by atoms with Crippen LogP contribution in [0.15, 0.2) is 35.0 Å². The van der Waals surface area contributed by atoms with Crippen molar-refractivity contribution in [1.29, 1.82) is 0 Å². The van der Waals surface area contributed by atoms with Crippen LogP contribution in [0.3, 0.4) is 0 Å². The molecular formula is C22H26FN5O2. The van der Waals surface area contributed by atoms with Gasteiger partial charge in [-0.2, -0.15) is 0 Å². The van der Waals surface area contributed by atoms with E-state index in [-0.39, 0.29) is 17.8 Å². The fourth-order valence-corrected chi connectivity index (χ4v) is 3.65. The third-order valence-electron chi connectivity index (χ3n) is 5.53. The van der Waals surface area contributed by atoms with Crippen LogP contribution in [-0.2, 0) is 4.74 Å². The van der Waals surface area contributed by atoms with E-state index in [1.165, 1.54) is 16.8 Å². The number of nitrogens with zero attached hydrogens (tertiary/aromatic N) is 4. The second-order valence-corrected chi connectivity index (χ2v) is 7.69. The van der Waals surface area contributed by atoms with E-state index in [2.05, 4.69) is 22.1 Å². The average molecular weight is 411 g/mol. The van der Waals surface area contributed by atoms with Gasteiger partial charge in [0.2, 0.25) is 0 Å². The first-order valence-corrected chi connectivity index (χ1v) is 10.3. The summed E-state index contributed by atoms with van der Waals surface area (Å²) in [6, 6.07) is 4.25. The lowest BCUT2D eigenvalue weighted by molar-refractivity contribution is 0.0400. The molecule has 2 aliphatic rings. The van der Waals surface area contributed by atoms with Crippen molar-refractivity contribution in [2.75, 3.05) is 25.0 Å². The Labute approximate surface area is 175 Å². The van der Waals surface area contributed by atoms with Gasteiger partial charge >= 0.3 is 6.03 Å². The molecule has 0 spiro atoms. The minimum Gasteiger partial charge on any atom is -0.374 e. The van der Waals surface area contributed by atoms with Gasteiger partial charge in [-0.25, -0.2) is 18.9 Å². The topological polar surface area (TPSA) is 71.8 Å². The Morgan fingerprint density at radius 3 is 2.87 bits per heavy atom. The number of likely N-dealkylation sites (tertiary alicyclic amines) is 1. The van der Waals surface area contributed by atoms with Crippen LogP contribution in [0.1, 0.15) is 38.2 Å². The number of rotatable bonds is 5. The Balaban J connectivity index is 1.60. The number of nitrogens with one attached hydrogen (secondary N) is 1. The quantitative estimate of drug-likeness (QED) is 0.734. The van der Waals surface area contributed by atoms with Crippen molar-refractivity contribution in [1.82, 2.24) is 14.7 Å². The zero-order chi connectivity index (χ0) is 21.1. The van der Waals surface area contributed by atoms with Crippen molar-refractivity contribution in [2.45, 2.75) is 38.7 Å². The maximum Gasteiger partial charge on any atom is 0.321 e. The second kappa shape index (κ2) is 8.79. The maximum atomic E-state index is 14.6. The van der Waals surface area contributed by atoms with Gasteiger partial charge in [-0.3, -0.25) is 0 Å². The van der Waals surface area contributed by atoms with E-state index < -0.39 is 5.82 Å². The van der Waals surface area contributed by atoms with Gasteiger partial charge in [-0.05, 0) is 69.2 Å². The minimum absolute atomic E-state index is 0.0801. The predicted octanol–water partition coefficient (Wildman–Crippen LogP) is 4.55. The number of benzene rings is 1. The number of ether oxygens (including phenoxy) is 1. The Morgan fingerprint density at radius 1 is 1.37 bits per heavy atom. The molecule has 1 aromatic heterocycles. The molecule has 3 heterocycles. The fraction of sp³-hybridized carbons (Fsp3) is 0.409. The Hall–Kier alpha value is -3.00. The standard InChI is InChI=1S/C22H26FN5O2/c1-15(20-6-3-4-11-30-20)12-16-14-28(26-21(16)24-2)19-13-17(7-8-18(19)23)25-22(29)27-9-5-10-27/h7-8,12-14,20H,2-6,9-11H2,1H3,(H,25,29)/b15-12+.